The molecule has 22 heavy (non-hydrogen) atoms. The van der Waals surface area contributed by atoms with Gasteiger partial charge in [-0.25, -0.2) is 0 Å². The van der Waals surface area contributed by atoms with Crippen molar-refractivity contribution in [2.24, 2.45) is 18.4 Å². The first kappa shape index (κ1) is 14.7. The van der Waals surface area contributed by atoms with Crippen molar-refractivity contribution >= 4 is 0 Å². The summed E-state index contributed by atoms with van der Waals surface area (Å²) in [5, 5.41) is 14.5. The van der Waals surface area contributed by atoms with Crippen LogP contribution in [0.25, 0.3) is 0 Å². The standard InChI is InChI=1S/C18H29N3O/c1-20-17(15-5-6-15)16(10-19-20)11-21-8-2-7-18(12-21,13-22)9-14-3-4-14/h10,14-15,22H,2-9,11-13H2,1H3/t18-/m0/s1. The maximum atomic E-state index is 10.0. The molecule has 0 unspecified atom stereocenters. The van der Waals surface area contributed by atoms with E-state index in [0.29, 0.717) is 6.61 Å². The van der Waals surface area contributed by atoms with E-state index < -0.39 is 0 Å². The molecule has 1 N–H and O–H groups in total. The molecule has 2 saturated carbocycles. The van der Waals surface area contributed by atoms with Crippen LogP contribution in [0.1, 0.15) is 62.1 Å². The molecule has 4 nitrogen and oxygen atoms in total. The predicted octanol–water partition coefficient (Wildman–Crippen LogP) is 2.67. The van der Waals surface area contributed by atoms with E-state index in [0.717, 1.165) is 24.9 Å². The lowest BCUT2D eigenvalue weighted by molar-refractivity contribution is 0.0179. The van der Waals surface area contributed by atoms with Crippen LogP contribution in [0.5, 0.6) is 0 Å². The molecule has 1 saturated heterocycles. The largest absolute Gasteiger partial charge is 0.396 e. The molecule has 0 radical (unpaired) electrons. The molecule has 3 aliphatic rings. The summed E-state index contributed by atoms with van der Waals surface area (Å²) in [4.78, 5) is 2.57. The summed E-state index contributed by atoms with van der Waals surface area (Å²) in [6, 6.07) is 0. The van der Waals surface area contributed by atoms with E-state index in [1.54, 1.807) is 0 Å². The summed E-state index contributed by atoms with van der Waals surface area (Å²) in [5.41, 5.74) is 3.05. The fourth-order valence-corrected chi connectivity index (χ4v) is 4.48. The van der Waals surface area contributed by atoms with Crippen LogP contribution in [0, 0.1) is 11.3 Å². The van der Waals surface area contributed by atoms with Crippen molar-refractivity contribution in [3.8, 4) is 0 Å². The fraction of sp³-hybridized carbons (Fsp3) is 0.833. The summed E-state index contributed by atoms with van der Waals surface area (Å²) in [7, 11) is 2.08. The van der Waals surface area contributed by atoms with Gasteiger partial charge in [0.2, 0.25) is 0 Å². The number of aliphatic hydroxyl groups is 1. The van der Waals surface area contributed by atoms with E-state index >= 15 is 0 Å². The minimum atomic E-state index is 0.168. The Hall–Kier alpha value is -0.870. The number of rotatable bonds is 6. The van der Waals surface area contributed by atoms with Crippen molar-refractivity contribution in [2.75, 3.05) is 19.7 Å². The zero-order valence-corrected chi connectivity index (χ0v) is 13.8. The summed E-state index contributed by atoms with van der Waals surface area (Å²) in [6.45, 7) is 3.62. The summed E-state index contributed by atoms with van der Waals surface area (Å²) in [6.07, 6.45) is 11.2. The zero-order valence-electron chi connectivity index (χ0n) is 13.8. The van der Waals surface area contributed by atoms with Crippen molar-refractivity contribution < 1.29 is 5.11 Å². The molecule has 4 heteroatoms. The Morgan fingerprint density at radius 2 is 2.14 bits per heavy atom. The summed E-state index contributed by atoms with van der Waals surface area (Å²) in [5.74, 6) is 1.65. The molecule has 122 valence electrons. The Labute approximate surface area is 133 Å². The average molecular weight is 303 g/mol. The highest BCUT2D eigenvalue weighted by molar-refractivity contribution is 5.25. The van der Waals surface area contributed by atoms with Crippen LogP contribution in [0.15, 0.2) is 6.20 Å². The molecule has 0 bridgehead atoms. The van der Waals surface area contributed by atoms with Crippen molar-refractivity contribution in [1.29, 1.82) is 0 Å². The van der Waals surface area contributed by atoms with Crippen LogP contribution in [0.4, 0.5) is 0 Å². The van der Waals surface area contributed by atoms with Gasteiger partial charge in [0, 0.05) is 49.3 Å². The second kappa shape index (κ2) is 5.64. The highest BCUT2D eigenvalue weighted by Gasteiger charge is 2.40. The van der Waals surface area contributed by atoms with Gasteiger partial charge in [0.05, 0.1) is 6.20 Å². The van der Waals surface area contributed by atoms with Crippen LogP contribution < -0.4 is 0 Å². The highest BCUT2D eigenvalue weighted by atomic mass is 16.3. The molecule has 4 rings (SSSR count). The third-order valence-corrected chi connectivity index (χ3v) is 5.92. The second-order valence-corrected chi connectivity index (χ2v) is 8.07. The predicted molar refractivity (Wildman–Crippen MR) is 86.6 cm³/mol. The highest BCUT2D eigenvalue weighted by Crippen LogP contribution is 2.45. The molecule has 0 amide bonds. The topological polar surface area (TPSA) is 41.3 Å². The molecule has 1 aliphatic heterocycles. The van der Waals surface area contributed by atoms with Gasteiger partial charge in [-0.05, 0) is 44.6 Å². The number of aromatic nitrogens is 2. The lowest BCUT2D eigenvalue weighted by atomic mass is 9.76. The molecule has 2 aliphatic carbocycles. The van der Waals surface area contributed by atoms with E-state index in [2.05, 4.69) is 27.9 Å². The number of hydrogen-bond donors (Lipinski definition) is 1. The van der Waals surface area contributed by atoms with E-state index in [-0.39, 0.29) is 5.41 Å². The summed E-state index contributed by atoms with van der Waals surface area (Å²) >= 11 is 0. The molecular weight excluding hydrogens is 274 g/mol. The number of aliphatic hydroxyl groups excluding tert-OH is 1. The third kappa shape index (κ3) is 2.95. The normalized spacial score (nSPS) is 29.9. The van der Waals surface area contributed by atoms with Gasteiger partial charge in [0.15, 0.2) is 0 Å². The number of hydrogen-bond acceptors (Lipinski definition) is 3. The fourth-order valence-electron chi connectivity index (χ4n) is 4.48. The Morgan fingerprint density at radius 1 is 1.32 bits per heavy atom. The summed E-state index contributed by atoms with van der Waals surface area (Å²) < 4.78 is 2.08. The van der Waals surface area contributed by atoms with Crippen LogP contribution in [-0.2, 0) is 13.6 Å². The molecule has 1 aromatic rings. The SMILES string of the molecule is Cn1ncc(CN2CCC[C@](CO)(CC3CC3)C2)c1C1CC1. The Bertz CT molecular complexity index is 532. The Morgan fingerprint density at radius 3 is 2.82 bits per heavy atom. The lowest BCUT2D eigenvalue weighted by Gasteiger charge is -2.42. The molecule has 2 heterocycles. The van der Waals surface area contributed by atoms with Gasteiger partial charge in [0.25, 0.3) is 0 Å². The first-order valence-electron chi connectivity index (χ1n) is 9.03. The Balaban J connectivity index is 1.46. The lowest BCUT2D eigenvalue weighted by Crippen LogP contribution is -2.45. The van der Waals surface area contributed by atoms with E-state index in [4.69, 9.17) is 0 Å². The monoisotopic (exact) mass is 303 g/mol. The molecule has 1 atom stereocenters. The van der Waals surface area contributed by atoms with Crippen molar-refractivity contribution in [3.05, 3.63) is 17.5 Å². The molecule has 1 aromatic heterocycles. The zero-order chi connectivity index (χ0) is 15.2. The van der Waals surface area contributed by atoms with Crippen LogP contribution >= 0.6 is 0 Å². The van der Waals surface area contributed by atoms with Crippen LogP contribution in [0.3, 0.4) is 0 Å². The maximum Gasteiger partial charge on any atom is 0.0537 e. The first-order chi connectivity index (χ1) is 10.7. The van der Waals surface area contributed by atoms with Gasteiger partial charge in [-0.15, -0.1) is 0 Å². The smallest absolute Gasteiger partial charge is 0.0537 e. The average Bonchev–Trinajstić information content (AvgIpc) is 3.43. The van der Waals surface area contributed by atoms with Gasteiger partial charge in [-0.1, -0.05) is 12.8 Å². The first-order valence-corrected chi connectivity index (χ1v) is 9.03. The molecule has 3 fully saturated rings. The third-order valence-electron chi connectivity index (χ3n) is 5.92. The molecule has 0 spiro atoms. The maximum absolute atomic E-state index is 10.0. The van der Waals surface area contributed by atoms with Crippen molar-refractivity contribution in [1.82, 2.24) is 14.7 Å². The van der Waals surface area contributed by atoms with E-state index in [1.807, 2.05) is 0 Å². The van der Waals surface area contributed by atoms with E-state index in [9.17, 15) is 5.11 Å². The minimum Gasteiger partial charge on any atom is -0.396 e. The second-order valence-electron chi connectivity index (χ2n) is 8.07. The van der Waals surface area contributed by atoms with E-state index in [1.165, 1.54) is 62.7 Å². The number of likely N-dealkylation sites (tertiary alicyclic amines) is 1. The Kier molecular flexibility index (Phi) is 3.77. The van der Waals surface area contributed by atoms with Gasteiger partial charge in [-0.2, -0.15) is 5.10 Å². The molecule has 0 aromatic carbocycles. The van der Waals surface area contributed by atoms with Gasteiger partial charge < -0.3 is 5.11 Å². The van der Waals surface area contributed by atoms with Gasteiger partial charge in [0.1, 0.15) is 0 Å². The van der Waals surface area contributed by atoms with Gasteiger partial charge >= 0.3 is 0 Å². The number of piperidine rings is 1. The number of aryl methyl sites for hydroxylation is 1. The quantitative estimate of drug-likeness (QED) is 0.878. The van der Waals surface area contributed by atoms with Crippen LogP contribution in [0.2, 0.25) is 0 Å². The molecular formula is C18H29N3O. The van der Waals surface area contributed by atoms with Crippen molar-refractivity contribution in [3.63, 3.8) is 0 Å². The van der Waals surface area contributed by atoms with Crippen LogP contribution in [-0.4, -0.2) is 39.5 Å². The minimum absolute atomic E-state index is 0.168. The van der Waals surface area contributed by atoms with Crippen molar-refractivity contribution in [2.45, 2.75) is 57.4 Å². The number of nitrogens with zero attached hydrogens (tertiary/aromatic N) is 3. The van der Waals surface area contributed by atoms with Gasteiger partial charge in [-0.3, -0.25) is 9.58 Å².